The number of aromatic nitrogens is 1. The van der Waals surface area contributed by atoms with Gasteiger partial charge in [-0.25, -0.2) is 9.37 Å². The zero-order chi connectivity index (χ0) is 19.3. The van der Waals surface area contributed by atoms with Crippen LogP contribution in [-0.4, -0.2) is 53.4 Å². The van der Waals surface area contributed by atoms with Crippen LogP contribution in [0.4, 0.5) is 4.39 Å². The molecule has 2 aliphatic rings. The second-order valence-corrected chi connectivity index (χ2v) is 7.93. The molecule has 28 heavy (non-hydrogen) atoms. The summed E-state index contributed by atoms with van der Waals surface area (Å²) in [7, 11) is 0. The maximum absolute atomic E-state index is 13.8. The Hall–Kier alpha value is -2.21. The summed E-state index contributed by atoms with van der Waals surface area (Å²) in [6.07, 6.45) is 7.21. The third-order valence-corrected chi connectivity index (χ3v) is 5.93. The van der Waals surface area contributed by atoms with Gasteiger partial charge in [-0.05, 0) is 56.8 Å². The van der Waals surface area contributed by atoms with E-state index >= 15 is 0 Å². The quantitative estimate of drug-likeness (QED) is 0.760. The summed E-state index contributed by atoms with van der Waals surface area (Å²) < 4.78 is 19.5. The summed E-state index contributed by atoms with van der Waals surface area (Å²) in [5, 5.41) is 0. The number of piperidine rings is 1. The highest BCUT2D eigenvalue weighted by Crippen LogP contribution is 2.24. The molecule has 2 aromatic rings. The van der Waals surface area contributed by atoms with Crippen LogP contribution in [0.3, 0.4) is 0 Å². The number of nitrogens with zero attached hydrogens (tertiary/aromatic N) is 3. The summed E-state index contributed by atoms with van der Waals surface area (Å²) >= 11 is 0. The minimum absolute atomic E-state index is 0.158. The predicted octanol–water partition coefficient (Wildman–Crippen LogP) is 3.75. The second-order valence-electron chi connectivity index (χ2n) is 7.93. The Labute approximate surface area is 165 Å². The minimum atomic E-state index is -0.335. The highest BCUT2D eigenvalue weighted by Gasteiger charge is 2.25. The lowest BCUT2D eigenvalue weighted by molar-refractivity contribution is -0.132. The van der Waals surface area contributed by atoms with Gasteiger partial charge in [0.05, 0.1) is 11.8 Å². The van der Waals surface area contributed by atoms with Gasteiger partial charge in [0, 0.05) is 32.5 Å². The molecule has 0 aliphatic carbocycles. The number of benzene rings is 1. The van der Waals surface area contributed by atoms with Crippen molar-refractivity contribution in [2.24, 2.45) is 5.92 Å². The Morgan fingerprint density at radius 2 is 1.89 bits per heavy atom. The first-order valence-corrected chi connectivity index (χ1v) is 10.4. The third kappa shape index (κ3) is 4.61. The number of aryl methyl sites for hydroxylation is 1. The van der Waals surface area contributed by atoms with Crippen LogP contribution in [0.25, 0.3) is 11.3 Å². The molecule has 2 saturated heterocycles. The molecule has 2 fully saturated rings. The molecule has 0 N–H and O–H groups in total. The summed E-state index contributed by atoms with van der Waals surface area (Å²) in [5.41, 5.74) is 0.396. The lowest BCUT2D eigenvalue weighted by Gasteiger charge is -2.34. The van der Waals surface area contributed by atoms with Gasteiger partial charge >= 0.3 is 0 Å². The van der Waals surface area contributed by atoms with Gasteiger partial charge in [-0.3, -0.25) is 4.79 Å². The van der Waals surface area contributed by atoms with Crippen LogP contribution < -0.4 is 0 Å². The maximum atomic E-state index is 13.8. The molecule has 6 heteroatoms. The fourth-order valence-electron chi connectivity index (χ4n) is 4.28. The van der Waals surface area contributed by atoms with E-state index in [9.17, 15) is 9.18 Å². The Balaban J connectivity index is 1.23. The van der Waals surface area contributed by atoms with E-state index in [1.54, 1.807) is 18.2 Å². The smallest absolute Gasteiger partial charge is 0.223 e. The van der Waals surface area contributed by atoms with E-state index in [0.29, 0.717) is 30.1 Å². The standard InChI is InChI=1S/C22H28FN3O2/c23-19-6-2-1-5-18(19)20-15-24-21(28-20)7-8-22(27)26-13-9-17(10-14-26)16-25-11-3-4-12-25/h1-2,5-6,15,17H,3-4,7-14,16H2. The number of halogens is 1. The summed E-state index contributed by atoms with van der Waals surface area (Å²) in [4.78, 5) is 21.3. The SMILES string of the molecule is O=C(CCc1ncc(-c2ccccc2F)o1)N1CCC(CN2CCCC2)CC1. The van der Waals surface area contributed by atoms with E-state index in [-0.39, 0.29) is 11.7 Å². The molecule has 1 aromatic carbocycles. The average Bonchev–Trinajstić information content (AvgIpc) is 3.39. The van der Waals surface area contributed by atoms with Gasteiger partial charge in [0.25, 0.3) is 0 Å². The molecule has 1 aromatic heterocycles. The van der Waals surface area contributed by atoms with Crippen molar-refractivity contribution in [1.82, 2.24) is 14.8 Å². The highest BCUT2D eigenvalue weighted by molar-refractivity contribution is 5.76. The fourth-order valence-corrected chi connectivity index (χ4v) is 4.28. The Bertz CT molecular complexity index is 793. The predicted molar refractivity (Wildman–Crippen MR) is 105 cm³/mol. The van der Waals surface area contributed by atoms with Crippen LogP contribution in [0, 0.1) is 11.7 Å². The van der Waals surface area contributed by atoms with E-state index in [1.807, 2.05) is 4.90 Å². The Kier molecular flexibility index (Phi) is 6.05. The molecule has 4 rings (SSSR count). The van der Waals surface area contributed by atoms with E-state index < -0.39 is 0 Å². The lowest BCUT2D eigenvalue weighted by Crippen LogP contribution is -2.41. The van der Waals surface area contributed by atoms with Crippen molar-refractivity contribution >= 4 is 5.91 Å². The van der Waals surface area contributed by atoms with Crippen molar-refractivity contribution < 1.29 is 13.6 Å². The summed E-state index contributed by atoms with van der Waals surface area (Å²) in [6, 6.07) is 6.46. The van der Waals surface area contributed by atoms with Crippen molar-refractivity contribution in [1.29, 1.82) is 0 Å². The third-order valence-electron chi connectivity index (χ3n) is 5.93. The van der Waals surface area contributed by atoms with Crippen LogP contribution >= 0.6 is 0 Å². The second kappa shape index (κ2) is 8.86. The number of likely N-dealkylation sites (tertiary alicyclic amines) is 2. The molecule has 0 radical (unpaired) electrons. The lowest BCUT2D eigenvalue weighted by atomic mass is 9.96. The van der Waals surface area contributed by atoms with Crippen molar-refractivity contribution in [2.45, 2.75) is 38.5 Å². The Morgan fingerprint density at radius 3 is 2.64 bits per heavy atom. The van der Waals surface area contributed by atoms with Crippen LogP contribution in [0.2, 0.25) is 0 Å². The number of carbonyl (C=O) groups excluding carboxylic acids is 1. The maximum Gasteiger partial charge on any atom is 0.223 e. The minimum Gasteiger partial charge on any atom is -0.441 e. The number of carbonyl (C=O) groups is 1. The molecule has 1 amide bonds. The number of rotatable bonds is 6. The summed E-state index contributed by atoms with van der Waals surface area (Å²) in [6.45, 7) is 5.37. The van der Waals surface area contributed by atoms with Gasteiger partial charge in [-0.1, -0.05) is 12.1 Å². The van der Waals surface area contributed by atoms with E-state index in [1.165, 1.54) is 44.7 Å². The molecule has 0 atom stereocenters. The first-order chi connectivity index (χ1) is 13.7. The monoisotopic (exact) mass is 385 g/mol. The highest BCUT2D eigenvalue weighted by atomic mass is 19.1. The number of hydrogen-bond acceptors (Lipinski definition) is 4. The van der Waals surface area contributed by atoms with Crippen molar-refractivity contribution in [3.8, 4) is 11.3 Å². The van der Waals surface area contributed by atoms with Gasteiger partial charge in [-0.2, -0.15) is 0 Å². The topological polar surface area (TPSA) is 49.6 Å². The van der Waals surface area contributed by atoms with Gasteiger partial charge in [0.1, 0.15) is 5.82 Å². The molecule has 150 valence electrons. The van der Waals surface area contributed by atoms with Crippen LogP contribution in [-0.2, 0) is 11.2 Å². The molecular formula is C22H28FN3O2. The average molecular weight is 385 g/mol. The molecule has 0 spiro atoms. The van der Waals surface area contributed by atoms with Gasteiger partial charge < -0.3 is 14.2 Å². The van der Waals surface area contributed by atoms with E-state index in [2.05, 4.69) is 9.88 Å². The van der Waals surface area contributed by atoms with Crippen molar-refractivity contribution in [2.75, 3.05) is 32.7 Å². The summed E-state index contributed by atoms with van der Waals surface area (Å²) in [5.74, 6) is 1.43. The zero-order valence-electron chi connectivity index (χ0n) is 16.3. The van der Waals surface area contributed by atoms with Gasteiger partial charge in [-0.15, -0.1) is 0 Å². The first kappa shape index (κ1) is 19.1. The Morgan fingerprint density at radius 1 is 1.14 bits per heavy atom. The number of hydrogen-bond donors (Lipinski definition) is 0. The number of oxazole rings is 1. The van der Waals surface area contributed by atoms with Crippen LogP contribution in [0.1, 0.15) is 38.0 Å². The van der Waals surface area contributed by atoms with Crippen LogP contribution in [0.5, 0.6) is 0 Å². The van der Waals surface area contributed by atoms with E-state index in [4.69, 9.17) is 4.42 Å². The molecular weight excluding hydrogens is 357 g/mol. The molecule has 0 saturated carbocycles. The van der Waals surface area contributed by atoms with Crippen molar-refractivity contribution in [3.05, 3.63) is 42.2 Å². The van der Waals surface area contributed by atoms with Crippen molar-refractivity contribution in [3.63, 3.8) is 0 Å². The molecule has 0 bridgehead atoms. The molecule has 5 nitrogen and oxygen atoms in total. The normalized spacial score (nSPS) is 18.7. The van der Waals surface area contributed by atoms with Crippen LogP contribution in [0.15, 0.2) is 34.9 Å². The molecule has 0 unspecified atom stereocenters. The largest absolute Gasteiger partial charge is 0.441 e. The van der Waals surface area contributed by atoms with Gasteiger partial charge in [0.15, 0.2) is 11.7 Å². The zero-order valence-corrected chi connectivity index (χ0v) is 16.3. The molecule has 2 aliphatic heterocycles. The first-order valence-electron chi connectivity index (χ1n) is 10.4. The fraction of sp³-hybridized carbons (Fsp3) is 0.545. The number of amides is 1. The van der Waals surface area contributed by atoms with E-state index in [0.717, 1.165) is 31.8 Å². The van der Waals surface area contributed by atoms with Gasteiger partial charge in [0.2, 0.25) is 5.91 Å². The molecule has 3 heterocycles.